The molecule has 0 radical (unpaired) electrons. The second-order valence-electron chi connectivity index (χ2n) is 4.18. The van der Waals surface area contributed by atoms with Crippen LogP contribution < -0.4 is 16.2 Å². The number of rotatable bonds is 1. The van der Waals surface area contributed by atoms with Gasteiger partial charge in [-0.05, 0) is 6.07 Å². The predicted molar refractivity (Wildman–Crippen MR) is 66.1 cm³/mol. The average Bonchev–Trinajstić information content (AvgIpc) is 2.81. The van der Waals surface area contributed by atoms with E-state index in [9.17, 15) is 14.4 Å². The van der Waals surface area contributed by atoms with Crippen molar-refractivity contribution in [2.45, 2.75) is 6.54 Å². The molecule has 8 nitrogen and oxygen atoms in total. The summed E-state index contributed by atoms with van der Waals surface area (Å²) in [5.74, 6) is -0.669. The number of nitrogens with zero attached hydrogens (tertiary/aromatic N) is 2. The molecule has 2 aromatic heterocycles. The highest BCUT2D eigenvalue weighted by Crippen LogP contribution is 2.20. The van der Waals surface area contributed by atoms with Gasteiger partial charge in [-0.1, -0.05) is 0 Å². The maximum atomic E-state index is 11.8. The van der Waals surface area contributed by atoms with E-state index >= 15 is 0 Å². The van der Waals surface area contributed by atoms with Crippen LogP contribution in [0.15, 0.2) is 10.9 Å². The lowest BCUT2D eigenvalue weighted by Crippen LogP contribution is -2.35. The minimum Gasteiger partial charge on any atom is -0.354 e. The lowest BCUT2D eigenvalue weighted by atomic mass is 10.2. The maximum absolute atomic E-state index is 11.8. The molecule has 0 atom stereocenters. The van der Waals surface area contributed by atoms with E-state index in [4.69, 9.17) is 0 Å². The zero-order valence-electron chi connectivity index (χ0n) is 10.1. The minimum atomic E-state index is -0.419. The summed E-state index contributed by atoms with van der Waals surface area (Å²) in [5, 5.41) is 11.5. The first kappa shape index (κ1) is 11.5. The number of carbonyl (C=O) groups is 2. The standard InChI is InChI=1S/C11H11N5O3/c1-12-11(19)7-8-5(9(17)15-14-7)4-6-10(18)13-2-3-16(6)8/h4H,2-3H2,1H3,(H,12,19)(H,13,18)(H,15,17). The molecule has 3 heterocycles. The van der Waals surface area contributed by atoms with Crippen LogP contribution in [0, 0.1) is 0 Å². The van der Waals surface area contributed by atoms with Gasteiger partial charge < -0.3 is 15.2 Å². The Morgan fingerprint density at radius 3 is 3.00 bits per heavy atom. The molecule has 2 amide bonds. The molecule has 0 bridgehead atoms. The number of carbonyl (C=O) groups excluding carboxylic acids is 2. The van der Waals surface area contributed by atoms with Crippen LogP contribution in [0.2, 0.25) is 0 Å². The van der Waals surface area contributed by atoms with Crippen molar-refractivity contribution in [1.29, 1.82) is 0 Å². The van der Waals surface area contributed by atoms with Crippen molar-refractivity contribution in [1.82, 2.24) is 25.4 Å². The first-order valence-electron chi connectivity index (χ1n) is 5.75. The number of aromatic amines is 1. The molecule has 0 aliphatic carbocycles. The molecule has 19 heavy (non-hydrogen) atoms. The molecular formula is C11H11N5O3. The summed E-state index contributed by atoms with van der Waals surface area (Å²) in [5.41, 5.74) is 0.452. The Morgan fingerprint density at radius 1 is 1.47 bits per heavy atom. The molecule has 1 aliphatic rings. The minimum absolute atomic E-state index is 0.109. The van der Waals surface area contributed by atoms with Crippen molar-refractivity contribution in [3.8, 4) is 0 Å². The molecule has 0 aromatic carbocycles. The van der Waals surface area contributed by atoms with Crippen LogP contribution in [0.1, 0.15) is 21.0 Å². The normalized spacial score (nSPS) is 14.1. The van der Waals surface area contributed by atoms with Crippen LogP contribution in [0.5, 0.6) is 0 Å². The van der Waals surface area contributed by atoms with Gasteiger partial charge in [-0.2, -0.15) is 5.10 Å². The largest absolute Gasteiger partial charge is 0.354 e. The Kier molecular flexibility index (Phi) is 2.37. The van der Waals surface area contributed by atoms with Gasteiger partial charge in [0.1, 0.15) is 5.69 Å². The van der Waals surface area contributed by atoms with Gasteiger partial charge in [-0.15, -0.1) is 0 Å². The summed E-state index contributed by atoms with van der Waals surface area (Å²) in [6.07, 6.45) is 0. The number of amides is 2. The van der Waals surface area contributed by atoms with E-state index in [2.05, 4.69) is 20.8 Å². The quantitative estimate of drug-likeness (QED) is 0.600. The van der Waals surface area contributed by atoms with E-state index in [0.29, 0.717) is 29.7 Å². The highest BCUT2D eigenvalue weighted by Gasteiger charge is 2.25. The second-order valence-corrected chi connectivity index (χ2v) is 4.18. The Morgan fingerprint density at radius 2 is 2.26 bits per heavy atom. The summed E-state index contributed by atoms with van der Waals surface area (Å²) in [7, 11) is 1.48. The van der Waals surface area contributed by atoms with E-state index in [1.807, 2.05) is 0 Å². The molecular weight excluding hydrogens is 250 g/mol. The third-order valence-corrected chi connectivity index (χ3v) is 3.13. The number of aromatic nitrogens is 3. The van der Waals surface area contributed by atoms with Gasteiger partial charge in [0.15, 0.2) is 5.69 Å². The van der Waals surface area contributed by atoms with Gasteiger partial charge in [-0.3, -0.25) is 14.4 Å². The van der Waals surface area contributed by atoms with Crippen LogP contribution in [-0.4, -0.2) is 40.2 Å². The second kappa shape index (κ2) is 3.94. The van der Waals surface area contributed by atoms with Gasteiger partial charge in [0, 0.05) is 20.1 Å². The van der Waals surface area contributed by atoms with Gasteiger partial charge >= 0.3 is 0 Å². The average molecular weight is 261 g/mol. The number of nitrogens with one attached hydrogen (secondary N) is 3. The Bertz CT molecular complexity index is 758. The van der Waals surface area contributed by atoms with E-state index in [1.165, 1.54) is 13.1 Å². The Balaban J connectivity index is 2.42. The summed E-state index contributed by atoms with van der Waals surface area (Å²) in [6, 6.07) is 1.48. The number of fused-ring (bicyclic) bond motifs is 3. The summed E-state index contributed by atoms with van der Waals surface area (Å²) in [4.78, 5) is 35.3. The molecule has 3 N–H and O–H groups in total. The number of hydrogen-bond acceptors (Lipinski definition) is 4. The lowest BCUT2D eigenvalue weighted by Gasteiger charge is -2.17. The fourth-order valence-corrected chi connectivity index (χ4v) is 2.27. The summed E-state index contributed by atoms with van der Waals surface area (Å²) < 4.78 is 1.65. The predicted octanol–water partition coefficient (Wildman–Crippen LogP) is -1.17. The van der Waals surface area contributed by atoms with Gasteiger partial charge in [0.05, 0.1) is 10.9 Å². The van der Waals surface area contributed by atoms with Crippen molar-refractivity contribution in [2.75, 3.05) is 13.6 Å². The maximum Gasteiger partial charge on any atom is 0.273 e. The van der Waals surface area contributed by atoms with Crippen molar-refractivity contribution in [3.63, 3.8) is 0 Å². The molecule has 0 spiro atoms. The summed E-state index contributed by atoms with van der Waals surface area (Å²) in [6.45, 7) is 0.954. The van der Waals surface area contributed by atoms with Crippen LogP contribution in [0.4, 0.5) is 0 Å². The Hall–Kier alpha value is -2.64. The van der Waals surface area contributed by atoms with Crippen LogP contribution in [0.3, 0.4) is 0 Å². The molecule has 3 rings (SSSR count). The first-order valence-corrected chi connectivity index (χ1v) is 5.75. The zero-order chi connectivity index (χ0) is 13.6. The molecule has 8 heteroatoms. The van der Waals surface area contributed by atoms with Crippen LogP contribution in [0.25, 0.3) is 10.9 Å². The first-order chi connectivity index (χ1) is 9.13. The molecule has 0 saturated carbocycles. The van der Waals surface area contributed by atoms with E-state index in [1.54, 1.807) is 4.57 Å². The van der Waals surface area contributed by atoms with Crippen LogP contribution in [-0.2, 0) is 6.54 Å². The highest BCUT2D eigenvalue weighted by molar-refractivity contribution is 6.07. The van der Waals surface area contributed by atoms with Gasteiger partial charge in [0.2, 0.25) is 0 Å². The molecule has 0 saturated heterocycles. The summed E-state index contributed by atoms with van der Waals surface area (Å²) >= 11 is 0. The molecule has 0 fully saturated rings. The van der Waals surface area contributed by atoms with Crippen molar-refractivity contribution >= 4 is 22.7 Å². The van der Waals surface area contributed by atoms with Crippen molar-refractivity contribution < 1.29 is 9.59 Å². The molecule has 0 unspecified atom stereocenters. The van der Waals surface area contributed by atoms with E-state index < -0.39 is 11.5 Å². The van der Waals surface area contributed by atoms with E-state index in [-0.39, 0.29) is 11.6 Å². The van der Waals surface area contributed by atoms with Gasteiger partial charge in [-0.25, -0.2) is 5.10 Å². The fourth-order valence-electron chi connectivity index (χ4n) is 2.27. The van der Waals surface area contributed by atoms with E-state index in [0.717, 1.165) is 0 Å². The third kappa shape index (κ3) is 1.53. The monoisotopic (exact) mass is 261 g/mol. The number of H-pyrrole nitrogens is 1. The topological polar surface area (TPSA) is 109 Å². The number of hydrogen-bond donors (Lipinski definition) is 3. The molecule has 2 aromatic rings. The lowest BCUT2D eigenvalue weighted by molar-refractivity contribution is 0.0924. The third-order valence-electron chi connectivity index (χ3n) is 3.13. The van der Waals surface area contributed by atoms with Crippen molar-refractivity contribution in [2.24, 2.45) is 0 Å². The molecule has 1 aliphatic heterocycles. The zero-order valence-corrected chi connectivity index (χ0v) is 10.1. The van der Waals surface area contributed by atoms with Gasteiger partial charge in [0.25, 0.3) is 17.4 Å². The van der Waals surface area contributed by atoms with Crippen LogP contribution >= 0.6 is 0 Å². The molecule has 98 valence electrons. The van der Waals surface area contributed by atoms with Crippen molar-refractivity contribution in [3.05, 3.63) is 27.8 Å². The SMILES string of the molecule is CNC(=O)c1n[nH]c(=O)c2cc3n(c12)CCNC3=O. The Labute approximate surface area is 106 Å². The fraction of sp³-hybridized carbons (Fsp3) is 0.273. The smallest absolute Gasteiger partial charge is 0.273 e. The highest BCUT2D eigenvalue weighted by atomic mass is 16.2.